The number of amides is 1. The van der Waals surface area contributed by atoms with Crippen LogP contribution in [-0.4, -0.2) is 29.0 Å². The first-order valence-electron chi connectivity index (χ1n) is 9.28. The Morgan fingerprint density at radius 3 is 2.30 bits per heavy atom. The predicted molar refractivity (Wildman–Crippen MR) is 107 cm³/mol. The number of hydrogen-bond donors (Lipinski definition) is 1. The van der Waals surface area contributed by atoms with Gasteiger partial charge in [-0.25, -0.2) is 9.97 Å². The van der Waals surface area contributed by atoms with Gasteiger partial charge in [-0.2, -0.15) is 0 Å². The van der Waals surface area contributed by atoms with E-state index in [1.54, 1.807) is 6.33 Å². The molecule has 0 bridgehead atoms. The summed E-state index contributed by atoms with van der Waals surface area (Å²) in [6, 6.07) is 21.8. The van der Waals surface area contributed by atoms with Gasteiger partial charge in [-0.05, 0) is 25.0 Å². The highest BCUT2D eigenvalue weighted by Gasteiger charge is 2.25. The molecule has 1 N–H and O–H groups in total. The summed E-state index contributed by atoms with van der Waals surface area (Å²) in [4.78, 5) is 23.6. The van der Waals surface area contributed by atoms with Crippen LogP contribution in [0.2, 0.25) is 0 Å². The van der Waals surface area contributed by atoms with Crippen molar-refractivity contribution in [3.63, 3.8) is 0 Å². The number of carbonyl (C=O) groups is 1. The minimum Gasteiger partial charge on any atom is -0.356 e. The van der Waals surface area contributed by atoms with Crippen molar-refractivity contribution in [2.75, 3.05) is 23.3 Å². The Morgan fingerprint density at radius 1 is 0.926 bits per heavy atom. The third-order valence-corrected chi connectivity index (χ3v) is 4.95. The Balaban J connectivity index is 1.39. The SMILES string of the molecule is O=C(Nc1ccccc1)C1CCN(c2cc(-c3ccccc3)ncn2)CC1. The third kappa shape index (κ3) is 4.14. The van der Waals surface area contributed by atoms with Crippen molar-refractivity contribution in [3.8, 4) is 11.3 Å². The van der Waals surface area contributed by atoms with Gasteiger partial charge in [-0.3, -0.25) is 4.79 Å². The smallest absolute Gasteiger partial charge is 0.227 e. The number of piperidine rings is 1. The molecule has 1 aliphatic rings. The summed E-state index contributed by atoms with van der Waals surface area (Å²) in [6.45, 7) is 1.64. The van der Waals surface area contributed by atoms with E-state index in [0.717, 1.165) is 48.7 Å². The summed E-state index contributed by atoms with van der Waals surface area (Å²) in [7, 11) is 0. The molecule has 27 heavy (non-hydrogen) atoms. The summed E-state index contributed by atoms with van der Waals surface area (Å²) < 4.78 is 0. The molecule has 0 atom stereocenters. The van der Waals surface area contributed by atoms with Crippen molar-refractivity contribution in [2.24, 2.45) is 5.92 Å². The van der Waals surface area contributed by atoms with Crippen LogP contribution in [0.25, 0.3) is 11.3 Å². The van der Waals surface area contributed by atoms with Crippen LogP contribution in [0.5, 0.6) is 0 Å². The van der Waals surface area contributed by atoms with Crippen molar-refractivity contribution in [2.45, 2.75) is 12.8 Å². The fraction of sp³-hybridized carbons (Fsp3) is 0.227. The molecule has 1 fully saturated rings. The van der Waals surface area contributed by atoms with Gasteiger partial charge in [0.25, 0.3) is 0 Å². The van der Waals surface area contributed by atoms with Gasteiger partial charge in [-0.1, -0.05) is 48.5 Å². The van der Waals surface area contributed by atoms with E-state index in [1.165, 1.54) is 0 Å². The van der Waals surface area contributed by atoms with Gasteiger partial charge in [-0.15, -0.1) is 0 Å². The first-order valence-corrected chi connectivity index (χ1v) is 9.28. The first-order chi connectivity index (χ1) is 13.3. The van der Waals surface area contributed by atoms with E-state index in [2.05, 4.69) is 20.2 Å². The Morgan fingerprint density at radius 2 is 1.59 bits per heavy atom. The molecule has 5 heteroatoms. The summed E-state index contributed by atoms with van der Waals surface area (Å²) in [5, 5.41) is 3.01. The zero-order valence-electron chi connectivity index (χ0n) is 15.1. The van der Waals surface area contributed by atoms with Crippen LogP contribution in [0.4, 0.5) is 11.5 Å². The van der Waals surface area contributed by atoms with Gasteiger partial charge >= 0.3 is 0 Å². The van der Waals surface area contributed by atoms with E-state index >= 15 is 0 Å². The fourth-order valence-corrected chi connectivity index (χ4v) is 3.42. The standard InChI is InChI=1S/C22H22N4O/c27-22(25-19-9-5-2-6-10-19)18-11-13-26(14-12-18)21-15-20(23-16-24-21)17-7-3-1-4-8-17/h1-10,15-16,18H,11-14H2,(H,25,27). The normalized spacial score (nSPS) is 14.7. The van der Waals surface area contributed by atoms with Gasteiger partial charge < -0.3 is 10.2 Å². The van der Waals surface area contributed by atoms with Crippen molar-refractivity contribution in [1.29, 1.82) is 0 Å². The molecule has 0 spiro atoms. The lowest BCUT2D eigenvalue weighted by molar-refractivity contribution is -0.120. The lowest BCUT2D eigenvalue weighted by Crippen LogP contribution is -2.38. The second kappa shape index (κ2) is 7.99. The average molecular weight is 358 g/mol. The number of aromatic nitrogens is 2. The molecular weight excluding hydrogens is 336 g/mol. The van der Waals surface area contributed by atoms with Crippen LogP contribution in [0.15, 0.2) is 73.1 Å². The molecule has 4 rings (SSSR count). The van der Waals surface area contributed by atoms with Gasteiger partial charge in [0, 0.05) is 36.3 Å². The molecule has 3 aromatic rings. The van der Waals surface area contributed by atoms with E-state index in [9.17, 15) is 4.79 Å². The van der Waals surface area contributed by atoms with Gasteiger partial charge in [0.05, 0.1) is 5.69 Å². The van der Waals surface area contributed by atoms with E-state index in [0.29, 0.717) is 0 Å². The van der Waals surface area contributed by atoms with E-state index in [4.69, 9.17) is 0 Å². The van der Waals surface area contributed by atoms with Gasteiger partial charge in [0.15, 0.2) is 0 Å². The minimum atomic E-state index is 0.0388. The zero-order chi connectivity index (χ0) is 18.5. The number of carbonyl (C=O) groups excluding carboxylic acids is 1. The van der Waals surface area contributed by atoms with E-state index < -0.39 is 0 Å². The zero-order valence-corrected chi connectivity index (χ0v) is 15.1. The monoisotopic (exact) mass is 358 g/mol. The van der Waals surface area contributed by atoms with Crippen molar-refractivity contribution in [3.05, 3.63) is 73.1 Å². The van der Waals surface area contributed by atoms with Crippen LogP contribution in [-0.2, 0) is 4.79 Å². The summed E-state index contributed by atoms with van der Waals surface area (Å²) in [5.74, 6) is 1.07. The summed E-state index contributed by atoms with van der Waals surface area (Å²) >= 11 is 0. The molecule has 0 unspecified atom stereocenters. The number of rotatable bonds is 4. The second-order valence-corrected chi connectivity index (χ2v) is 6.74. The molecule has 1 amide bonds. The number of anilines is 2. The highest BCUT2D eigenvalue weighted by Crippen LogP contribution is 2.25. The molecule has 0 radical (unpaired) electrons. The highest BCUT2D eigenvalue weighted by atomic mass is 16.1. The van der Waals surface area contributed by atoms with E-state index in [-0.39, 0.29) is 11.8 Å². The van der Waals surface area contributed by atoms with Crippen LogP contribution in [0.1, 0.15) is 12.8 Å². The number of hydrogen-bond acceptors (Lipinski definition) is 4. The Hall–Kier alpha value is -3.21. The molecule has 2 heterocycles. The molecule has 0 aliphatic carbocycles. The number of benzene rings is 2. The van der Waals surface area contributed by atoms with Crippen molar-refractivity contribution < 1.29 is 4.79 Å². The molecule has 5 nitrogen and oxygen atoms in total. The minimum absolute atomic E-state index is 0.0388. The molecule has 1 aliphatic heterocycles. The first kappa shape index (κ1) is 17.2. The van der Waals surface area contributed by atoms with Crippen LogP contribution >= 0.6 is 0 Å². The highest BCUT2D eigenvalue weighted by molar-refractivity contribution is 5.92. The molecule has 2 aromatic carbocycles. The fourth-order valence-electron chi connectivity index (χ4n) is 3.42. The second-order valence-electron chi connectivity index (χ2n) is 6.74. The van der Waals surface area contributed by atoms with Crippen molar-refractivity contribution >= 4 is 17.4 Å². The van der Waals surface area contributed by atoms with E-state index in [1.807, 2.05) is 66.7 Å². The maximum absolute atomic E-state index is 12.5. The Bertz CT molecular complexity index is 890. The van der Waals surface area contributed by atoms with Crippen LogP contribution in [0.3, 0.4) is 0 Å². The maximum atomic E-state index is 12.5. The Kier molecular flexibility index (Phi) is 5.10. The van der Waals surface area contributed by atoms with Crippen LogP contribution in [0, 0.1) is 5.92 Å². The molecule has 1 saturated heterocycles. The lowest BCUT2D eigenvalue weighted by Gasteiger charge is -2.32. The van der Waals surface area contributed by atoms with Gasteiger partial charge in [0.1, 0.15) is 12.1 Å². The Labute approximate surface area is 159 Å². The topological polar surface area (TPSA) is 58.1 Å². The molecule has 1 aromatic heterocycles. The molecule has 0 saturated carbocycles. The van der Waals surface area contributed by atoms with Crippen molar-refractivity contribution in [1.82, 2.24) is 9.97 Å². The molecular formula is C22H22N4O. The van der Waals surface area contributed by atoms with Crippen LogP contribution < -0.4 is 10.2 Å². The number of nitrogens with zero attached hydrogens (tertiary/aromatic N) is 3. The number of para-hydroxylation sites is 1. The quantitative estimate of drug-likeness (QED) is 0.766. The molecule has 136 valence electrons. The summed E-state index contributed by atoms with van der Waals surface area (Å²) in [6.07, 6.45) is 3.26. The average Bonchev–Trinajstić information content (AvgIpc) is 2.75. The van der Waals surface area contributed by atoms with Gasteiger partial charge in [0.2, 0.25) is 5.91 Å². The predicted octanol–water partition coefficient (Wildman–Crippen LogP) is 4.00. The largest absolute Gasteiger partial charge is 0.356 e. The third-order valence-electron chi connectivity index (χ3n) is 4.95. The lowest BCUT2D eigenvalue weighted by atomic mass is 9.95. The number of nitrogens with one attached hydrogen (secondary N) is 1. The summed E-state index contributed by atoms with van der Waals surface area (Å²) in [5.41, 5.74) is 2.86. The maximum Gasteiger partial charge on any atom is 0.227 e.